The van der Waals surface area contributed by atoms with Gasteiger partial charge in [0.2, 0.25) is 5.91 Å². The molecule has 1 aromatic carbocycles. The van der Waals surface area contributed by atoms with E-state index in [1.807, 2.05) is 30.3 Å². The van der Waals surface area contributed by atoms with E-state index in [1.165, 1.54) is 16.3 Å². The Labute approximate surface area is 164 Å². The van der Waals surface area contributed by atoms with Crippen molar-refractivity contribution in [1.82, 2.24) is 14.8 Å². The average molecular weight is 376 g/mol. The van der Waals surface area contributed by atoms with Gasteiger partial charge in [-0.2, -0.15) is 5.10 Å². The second kappa shape index (κ2) is 9.08. The molecule has 2 aromatic heterocycles. The third-order valence-electron chi connectivity index (χ3n) is 4.57. The van der Waals surface area contributed by atoms with E-state index in [-0.39, 0.29) is 11.5 Å². The van der Waals surface area contributed by atoms with E-state index in [0.717, 1.165) is 24.8 Å². The van der Waals surface area contributed by atoms with Crippen LogP contribution >= 0.6 is 0 Å². The number of benzene rings is 1. The molecule has 0 bridgehead atoms. The van der Waals surface area contributed by atoms with Crippen molar-refractivity contribution in [3.05, 3.63) is 76.8 Å². The lowest BCUT2D eigenvalue weighted by atomic mass is 10.1. The van der Waals surface area contributed by atoms with Gasteiger partial charge in [-0.1, -0.05) is 25.5 Å². The Morgan fingerprint density at radius 3 is 2.61 bits per heavy atom. The highest BCUT2D eigenvalue weighted by Gasteiger charge is 2.18. The Morgan fingerprint density at radius 2 is 1.93 bits per heavy atom. The van der Waals surface area contributed by atoms with Crippen molar-refractivity contribution in [1.29, 1.82) is 0 Å². The van der Waals surface area contributed by atoms with E-state index in [2.05, 4.69) is 22.3 Å². The summed E-state index contributed by atoms with van der Waals surface area (Å²) in [6.45, 7) is 3.82. The number of aromatic nitrogens is 3. The summed E-state index contributed by atoms with van der Waals surface area (Å²) in [5.41, 5.74) is 2.99. The molecule has 0 saturated carbocycles. The summed E-state index contributed by atoms with van der Waals surface area (Å²) < 4.78 is 1.20. The molecule has 0 fully saturated rings. The van der Waals surface area contributed by atoms with Gasteiger partial charge >= 0.3 is 0 Å². The molecular weight excluding hydrogens is 352 g/mol. The van der Waals surface area contributed by atoms with Crippen LogP contribution in [-0.2, 0) is 11.2 Å². The summed E-state index contributed by atoms with van der Waals surface area (Å²) in [6, 6.07) is 13.8. The first kappa shape index (κ1) is 19.5. The van der Waals surface area contributed by atoms with Crippen LogP contribution in [0.25, 0.3) is 11.3 Å². The first-order valence-electron chi connectivity index (χ1n) is 9.48. The lowest BCUT2D eigenvalue weighted by molar-refractivity contribution is -0.119. The van der Waals surface area contributed by atoms with Crippen LogP contribution in [0.1, 0.15) is 38.3 Å². The zero-order valence-electron chi connectivity index (χ0n) is 16.1. The van der Waals surface area contributed by atoms with Crippen molar-refractivity contribution < 1.29 is 4.79 Å². The molecule has 0 spiro atoms. The summed E-state index contributed by atoms with van der Waals surface area (Å²) in [5, 5.41) is 7.22. The molecule has 6 heteroatoms. The predicted molar refractivity (Wildman–Crippen MR) is 110 cm³/mol. The molecule has 1 N–H and O–H groups in total. The molecular formula is C22H24N4O2. The van der Waals surface area contributed by atoms with E-state index in [1.54, 1.807) is 31.5 Å². The van der Waals surface area contributed by atoms with Crippen LogP contribution < -0.4 is 10.9 Å². The fourth-order valence-corrected chi connectivity index (χ4v) is 2.86. The number of pyridine rings is 1. The van der Waals surface area contributed by atoms with E-state index in [9.17, 15) is 9.59 Å². The Kier molecular flexibility index (Phi) is 6.32. The molecule has 1 unspecified atom stereocenters. The average Bonchev–Trinajstić information content (AvgIpc) is 2.73. The van der Waals surface area contributed by atoms with Crippen LogP contribution in [0.4, 0.5) is 5.69 Å². The second-order valence-corrected chi connectivity index (χ2v) is 6.71. The van der Waals surface area contributed by atoms with E-state index in [4.69, 9.17) is 0 Å². The smallest absolute Gasteiger partial charge is 0.267 e. The molecule has 6 nitrogen and oxygen atoms in total. The van der Waals surface area contributed by atoms with Gasteiger partial charge in [0.15, 0.2) is 0 Å². The van der Waals surface area contributed by atoms with E-state index >= 15 is 0 Å². The highest BCUT2D eigenvalue weighted by atomic mass is 16.2. The molecule has 0 aliphatic rings. The summed E-state index contributed by atoms with van der Waals surface area (Å²) in [6.07, 6.45) is 6.66. The lowest BCUT2D eigenvalue weighted by Gasteiger charge is -2.15. The maximum Gasteiger partial charge on any atom is 0.267 e. The molecule has 3 aromatic rings. The zero-order chi connectivity index (χ0) is 19.9. The normalized spacial score (nSPS) is 11.8. The Bertz CT molecular complexity index is 981. The molecule has 0 aliphatic heterocycles. The first-order chi connectivity index (χ1) is 13.6. The second-order valence-electron chi connectivity index (χ2n) is 6.71. The van der Waals surface area contributed by atoms with Gasteiger partial charge in [-0.25, -0.2) is 4.68 Å². The van der Waals surface area contributed by atoms with Crippen molar-refractivity contribution in [3.63, 3.8) is 0 Å². The van der Waals surface area contributed by atoms with Gasteiger partial charge in [-0.3, -0.25) is 14.6 Å². The third kappa shape index (κ3) is 4.71. The van der Waals surface area contributed by atoms with E-state index < -0.39 is 6.04 Å². The van der Waals surface area contributed by atoms with Crippen LogP contribution in [0.3, 0.4) is 0 Å². The van der Waals surface area contributed by atoms with Gasteiger partial charge < -0.3 is 5.32 Å². The van der Waals surface area contributed by atoms with Crippen LogP contribution in [0.5, 0.6) is 0 Å². The number of nitrogens with zero attached hydrogens (tertiary/aromatic N) is 3. The fraction of sp³-hybridized carbons (Fsp3) is 0.273. The number of carbonyl (C=O) groups excluding carboxylic acids is 1. The van der Waals surface area contributed by atoms with Crippen molar-refractivity contribution in [2.45, 2.75) is 39.2 Å². The van der Waals surface area contributed by atoms with Gasteiger partial charge in [-0.15, -0.1) is 0 Å². The monoisotopic (exact) mass is 376 g/mol. The SMILES string of the molecule is CCCCc1ccc(NC(=O)C(C)n2nc(-c3cccnc3)ccc2=O)cc1. The lowest BCUT2D eigenvalue weighted by Crippen LogP contribution is -2.33. The maximum absolute atomic E-state index is 12.6. The molecule has 0 radical (unpaired) electrons. The van der Waals surface area contributed by atoms with Crippen LogP contribution in [-0.4, -0.2) is 20.7 Å². The predicted octanol–water partition coefficient (Wildman–Crippen LogP) is 3.85. The maximum atomic E-state index is 12.6. The molecule has 28 heavy (non-hydrogen) atoms. The van der Waals surface area contributed by atoms with Crippen molar-refractivity contribution in [2.24, 2.45) is 0 Å². The summed E-state index contributed by atoms with van der Waals surface area (Å²) in [5.74, 6) is -0.292. The number of hydrogen-bond donors (Lipinski definition) is 1. The van der Waals surface area contributed by atoms with Crippen LogP contribution in [0.15, 0.2) is 65.7 Å². The van der Waals surface area contributed by atoms with Crippen molar-refractivity contribution in [2.75, 3.05) is 5.32 Å². The van der Waals surface area contributed by atoms with Crippen molar-refractivity contribution in [3.8, 4) is 11.3 Å². The molecule has 0 aliphatic carbocycles. The van der Waals surface area contributed by atoms with Gasteiger partial charge in [0.05, 0.1) is 5.69 Å². The number of nitrogens with one attached hydrogen (secondary N) is 1. The summed E-state index contributed by atoms with van der Waals surface area (Å²) in [4.78, 5) is 29.0. The molecule has 1 amide bonds. The number of anilines is 1. The number of rotatable bonds is 7. The number of unbranched alkanes of at least 4 members (excludes halogenated alkanes) is 1. The van der Waals surface area contributed by atoms with Crippen molar-refractivity contribution >= 4 is 11.6 Å². The van der Waals surface area contributed by atoms with Gasteiger partial charge in [0, 0.05) is 29.7 Å². The minimum Gasteiger partial charge on any atom is -0.324 e. The molecule has 1 atom stereocenters. The minimum absolute atomic E-state index is 0.292. The molecule has 0 saturated heterocycles. The quantitative estimate of drug-likeness (QED) is 0.679. The fourth-order valence-electron chi connectivity index (χ4n) is 2.86. The number of amides is 1. The number of hydrogen-bond acceptors (Lipinski definition) is 4. The molecule has 2 heterocycles. The third-order valence-corrected chi connectivity index (χ3v) is 4.57. The Morgan fingerprint density at radius 1 is 1.14 bits per heavy atom. The summed E-state index contributed by atoms with van der Waals surface area (Å²) in [7, 11) is 0. The van der Waals surface area contributed by atoms with Crippen LogP contribution in [0.2, 0.25) is 0 Å². The molecule has 3 rings (SSSR count). The van der Waals surface area contributed by atoms with Gasteiger partial charge in [0.25, 0.3) is 5.56 Å². The van der Waals surface area contributed by atoms with E-state index in [0.29, 0.717) is 11.4 Å². The van der Waals surface area contributed by atoms with Gasteiger partial charge in [-0.05, 0) is 55.7 Å². The highest BCUT2D eigenvalue weighted by Crippen LogP contribution is 2.16. The number of aryl methyl sites for hydroxylation is 1. The first-order valence-corrected chi connectivity index (χ1v) is 9.48. The molecule has 144 valence electrons. The minimum atomic E-state index is -0.746. The standard InChI is InChI=1S/C22H24N4O2/c1-3-4-6-17-8-10-19(11-9-17)24-22(28)16(2)26-21(27)13-12-20(25-26)18-7-5-14-23-15-18/h5,7-16H,3-4,6H2,1-2H3,(H,24,28). The zero-order valence-corrected chi connectivity index (χ0v) is 16.1. The topological polar surface area (TPSA) is 76.9 Å². The summed E-state index contributed by atoms with van der Waals surface area (Å²) >= 11 is 0. The Hall–Kier alpha value is -3.28. The number of carbonyl (C=O) groups is 1. The van der Waals surface area contributed by atoms with Crippen LogP contribution in [0, 0.1) is 0 Å². The largest absolute Gasteiger partial charge is 0.324 e. The Balaban J connectivity index is 1.75. The van der Waals surface area contributed by atoms with Gasteiger partial charge in [0.1, 0.15) is 6.04 Å². The highest BCUT2D eigenvalue weighted by molar-refractivity contribution is 5.93.